The SMILES string of the molecule is C=CCN1C[C@@]2(C(=O)O)CN(Cc3ccc(F)c(Cl)c3)C[C@H]2C1=O. The van der Waals surface area contributed by atoms with E-state index in [0.29, 0.717) is 19.6 Å². The van der Waals surface area contributed by atoms with Gasteiger partial charge in [-0.25, -0.2) is 4.39 Å². The van der Waals surface area contributed by atoms with E-state index in [-0.39, 0.29) is 24.0 Å². The van der Waals surface area contributed by atoms with E-state index in [1.165, 1.54) is 12.1 Å². The summed E-state index contributed by atoms with van der Waals surface area (Å²) in [6, 6.07) is 4.44. The maximum absolute atomic E-state index is 13.3. The van der Waals surface area contributed by atoms with Crippen LogP contribution >= 0.6 is 11.6 Å². The van der Waals surface area contributed by atoms with E-state index in [4.69, 9.17) is 11.6 Å². The Balaban J connectivity index is 1.79. The number of aliphatic carboxylic acids is 1. The highest BCUT2D eigenvalue weighted by atomic mass is 35.5. The molecule has 1 amide bonds. The first-order valence-electron chi connectivity index (χ1n) is 7.67. The molecule has 2 fully saturated rings. The highest BCUT2D eigenvalue weighted by molar-refractivity contribution is 6.30. The van der Waals surface area contributed by atoms with Gasteiger partial charge in [0.05, 0.1) is 10.9 Å². The van der Waals surface area contributed by atoms with Gasteiger partial charge in [0.25, 0.3) is 0 Å². The van der Waals surface area contributed by atoms with E-state index >= 15 is 0 Å². The van der Waals surface area contributed by atoms with Gasteiger partial charge < -0.3 is 10.0 Å². The van der Waals surface area contributed by atoms with Crippen LogP contribution in [0.15, 0.2) is 30.9 Å². The molecule has 5 nitrogen and oxygen atoms in total. The van der Waals surface area contributed by atoms with Crippen LogP contribution in [0.3, 0.4) is 0 Å². The molecule has 2 heterocycles. The standard InChI is InChI=1S/C17H18ClFN2O3/c1-2-5-21-10-17(16(23)24)9-20(8-12(17)15(21)22)7-11-3-4-14(19)13(18)6-11/h2-4,6,12H,1,5,7-10H2,(H,23,24)/t12-,17-/m0/s1. The highest BCUT2D eigenvalue weighted by Gasteiger charge is 2.61. The van der Waals surface area contributed by atoms with Crippen molar-refractivity contribution in [3.63, 3.8) is 0 Å². The molecule has 1 N–H and O–H groups in total. The average Bonchev–Trinajstić information content (AvgIpc) is 3.00. The zero-order chi connectivity index (χ0) is 17.5. The van der Waals surface area contributed by atoms with Gasteiger partial charge in [0.2, 0.25) is 5.91 Å². The number of carboxylic acid groups (broad SMARTS) is 1. The fourth-order valence-corrected chi connectivity index (χ4v) is 3.93. The van der Waals surface area contributed by atoms with Crippen molar-refractivity contribution in [1.29, 1.82) is 0 Å². The third-order valence-electron chi connectivity index (χ3n) is 4.86. The number of hydrogen-bond acceptors (Lipinski definition) is 3. The van der Waals surface area contributed by atoms with E-state index in [2.05, 4.69) is 6.58 Å². The first kappa shape index (κ1) is 16.9. The lowest BCUT2D eigenvalue weighted by atomic mass is 9.81. The summed E-state index contributed by atoms with van der Waals surface area (Å²) in [5.41, 5.74) is -0.304. The molecule has 0 saturated carbocycles. The molecule has 0 aliphatic carbocycles. The molecule has 2 atom stereocenters. The predicted octanol–water partition coefficient (Wildman–Crippen LogP) is 2.01. The van der Waals surface area contributed by atoms with E-state index in [1.807, 2.05) is 4.90 Å². The van der Waals surface area contributed by atoms with Gasteiger partial charge in [-0.15, -0.1) is 6.58 Å². The number of fused-ring (bicyclic) bond motifs is 1. The molecule has 2 aliphatic rings. The number of halogens is 2. The Morgan fingerprint density at radius 1 is 1.50 bits per heavy atom. The molecule has 128 valence electrons. The van der Waals surface area contributed by atoms with Crippen molar-refractivity contribution in [3.05, 3.63) is 47.3 Å². The second-order valence-corrected chi connectivity index (χ2v) is 6.85. The number of carbonyl (C=O) groups is 2. The fourth-order valence-electron chi connectivity index (χ4n) is 3.73. The summed E-state index contributed by atoms with van der Waals surface area (Å²) in [5.74, 6) is -2.15. The maximum atomic E-state index is 13.3. The molecule has 0 bridgehead atoms. The fraction of sp³-hybridized carbons (Fsp3) is 0.412. The minimum Gasteiger partial charge on any atom is -0.481 e. The van der Waals surface area contributed by atoms with Crippen LogP contribution in [0, 0.1) is 17.2 Å². The van der Waals surface area contributed by atoms with Gasteiger partial charge in [0.15, 0.2) is 0 Å². The Morgan fingerprint density at radius 2 is 2.25 bits per heavy atom. The smallest absolute Gasteiger partial charge is 0.313 e. The molecule has 7 heteroatoms. The molecule has 0 aromatic heterocycles. The molecule has 1 aromatic carbocycles. The van der Waals surface area contributed by atoms with Crippen molar-refractivity contribution in [2.75, 3.05) is 26.2 Å². The van der Waals surface area contributed by atoms with Crippen molar-refractivity contribution in [2.24, 2.45) is 11.3 Å². The lowest BCUT2D eigenvalue weighted by Crippen LogP contribution is -2.40. The zero-order valence-corrected chi connectivity index (χ0v) is 13.8. The van der Waals surface area contributed by atoms with Gasteiger partial charge in [0, 0.05) is 32.7 Å². The molecule has 0 radical (unpaired) electrons. The Morgan fingerprint density at radius 3 is 2.83 bits per heavy atom. The van der Waals surface area contributed by atoms with Gasteiger partial charge in [-0.3, -0.25) is 14.5 Å². The van der Waals surface area contributed by atoms with Crippen LogP contribution in [0.1, 0.15) is 5.56 Å². The molecular formula is C17H18ClFN2O3. The van der Waals surface area contributed by atoms with Crippen molar-refractivity contribution < 1.29 is 19.1 Å². The number of rotatable bonds is 5. The van der Waals surface area contributed by atoms with Crippen molar-refractivity contribution >= 4 is 23.5 Å². The summed E-state index contributed by atoms with van der Waals surface area (Å²) in [6.07, 6.45) is 1.60. The summed E-state index contributed by atoms with van der Waals surface area (Å²) >= 11 is 5.79. The molecular weight excluding hydrogens is 335 g/mol. The van der Waals surface area contributed by atoms with Gasteiger partial charge >= 0.3 is 5.97 Å². The molecule has 24 heavy (non-hydrogen) atoms. The number of likely N-dealkylation sites (tertiary alicyclic amines) is 2. The van der Waals surface area contributed by atoms with Crippen molar-refractivity contribution in [1.82, 2.24) is 9.80 Å². The van der Waals surface area contributed by atoms with Gasteiger partial charge in [-0.1, -0.05) is 23.7 Å². The summed E-state index contributed by atoms with van der Waals surface area (Å²) in [5, 5.41) is 9.78. The first-order chi connectivity index (χ1) is 11.4. The largest absolute Gasteiger partial charge is 0.481 e. The number of carbonyl (C=O) groups excluding carboxylic acids is 1. The summed E-state index contributed by atoms with van der Waals surface area (Å²) < 4.78 is 13.3. The molecule has 0 unspecified atom stereocenters. The van der Waals surface area contributed by atoms with E-state index < -0.39 is 23.1 Å². The second kappa shape index (κ2) is 6.18. The van der Waals surface area contributed by atoms with Crippen LogP contribution in [0.25, 0.3) is 0 Å². The van der Waals surface area contributed by atoms with Crippen LogP contribution < -0.4 is 0 Å². The Bertz CT molecular complexity index is 711. The number of carboxylic acids is 1. The first-order valence-corrected chi connectivity index (χ1v) is 8.04. The van der Waals surface area contributed by atoms with Crippen LogP contribution in [0.2, 0.25) is 5.02 Å². The Hall–Kier alpha value is -1.92. The maximum Gasteiger partial charge on any atom is 0.313 e. The number of nitrogens with zero attached hydrogens (tertiary/aromatic N) is 2. The molecule has 2 saturated heterocycles. The Kier molecular flexibility index (Phi) is 4.36. The molecule has 2 aliphatic heterocycles. The minimum atomic E-state index is -1.09. The van der Waals surface area contributed by atoms with Gasteiger partial charge in [-0.2, -0.15) is 0 Å². The summed E-state index contributed by atoms with van der Waals surface area (Å²) in [4.78, 5) is 27.9. The van der Waals surface area contributed by atoms with E-state index in [9.17, 15) is 19.1 Å². The predicted molar refractivity (Wildman–Crippen MR) is 87.0 cm³/mol. The van der Waals surface area contributed by atoms with E-state index in [1.54, 1.807) is 17.0 Å². The van der Waals surface area contributed by atoms with Gasteiger partial charge in [0.1, 0.15) is 11.2 Å². The zero-order valence-electron chi connectivity index (χ0n) is 13.0. The number of amides is 1. The quantitative estimate of drug-likeness (QED) is 0.823. The van der Waals surface area contributed by atoms with E-state index in [0.717, 1.165) is 5.56 Å². The van der Waals surface area contributed by atoms with Crippen LogP contribution in [0.4, 0.5) is 4.39 Å². The molecule has 1 aromatic rings. The molecule has 3 rings (SSSR count). The number of benzene rings is 1. The minimum absolute atomic E-state index is 0.0353. The van der Waals surface area contributed by atoms with Gasteiger partial charge in [-0.05, 0) is 17.7 Å². The highest BCUT2D eigenvalue weighted by Crippen LogP contribution is 2.44. The van der Waals surface area contributed by atoms with Crippen LogP contribution in [-0.2, 0) is 16.1 Å². The third-order valence-corrected chi connectivity index (χ3v) is 5.15. The lowest BCUT2D eigenvalue weighted by Gasteiger charge is -2.24. The average molecular weight is 353 g/mol. The topological polar surface area (TPSA) is 60.9 Å². The van der Waals surface area contributed by atoms with Crippen molar-refractivity contribution in [2.45, 2.75) is 6.54 Å². The summed E-state index contributed by atoms with van der Waals surface area (Å²) in [6.45, 7) is 5.24. The van der Waals surface area contributed by atoms with Crippen LogP contribution in [-0.4, -0.2) is 53.0 Å². The number of hydrogen-bond donors (Lipinski definition) is 1. The van der Waals surface area contributed by atoms with Crippen molar-refractivity contribution in [3.8, 4) is 0 Å². The monoisotopic (exact) mass is 352 g/mol. The summed E-state index contributed by atoms with van der Waals surface area (Å²) in [7, 11) is 0. The normalized spacial score (nSPS) is 26.7. The Labute approximate surface area is 144 Å². The second-order valence-electron chi connectivity index (χ2n) is 6.44. The lowest BCUT2D eigenvalue weighted by molar-refractivity contribution is -0.149. The third kappa shape index (κ3) is 2.70. The van der Waals surface area contributed by atoms with Crippen LogP contribution in [0.5, 0.6) is 0 Å². The molecule has 0 spiro atoms.